The van der Waals surface area contributed by atoms with Gasteiger partial charge in [0.25, 0.3) is 0 Å². The van der Waals surface area contributed by atoms with Gasteiger partial charge in [-0.15, -0.1) is 0 Å². The van der Waals surface area contributed by atoms with Crippen LogP contribution in [0.15, 0.2) is 60.7 Å². The standard InChI is InChI=1S/C19H18Si/c1-20(2)18-10-6-5-9-16(18)17-12-11-15(13-19(17)20)14-7-3-4-8-14/h3-7,9-13H,8H2,1-2H3. The lowest BCUT2D eigenvalue weighted by molar-refractivity contribution is 1.44. The van der Waals surface area contributed by atoms with E-state index in [0.29, 0.717) is 0 Å². The molecule has 0 saturated carbocycles. The van der Waals surface area contributed by atoms with Gasteiger partial charge in [-0.25, -0.2) is 0 Å². The van der Waals surface area contributed by atoms with E-state index >= 15 is 0 Å². The molecule has 1 heterocycles. The fraction of sp³-hybridized carbons (Fsp3) is 0.158. The molecule has 0 amide bonds. The van der Waals surface area contributed by atoms with Crippen LogP contribution in [0.1, 0.15) is 12.0 Å². The normalized spacial score (nSPS) is 17.8. The van der Waals surface area contributed by atoms with E-state index in [0.717, 1.165) is 6.42 Å². The lowest BCUT2D eigenvalue weighted by atomic mass is 10.00. The zero-order chi connectivity index (χ0) is 13.7. The van der Waals surface area contributed by atoms with E-state index in [4.69, 9.17) is 0 Å². The number of hydrogen-bond donors (Lipinski definition) is 0. The van der Waals surface area contributed by atoms with Crippen LogP contribution in [0.25, 0.3) is 16.7 Å². The molecule has 0 atom stereocenters. The Morgan fingerprint density at radius 1 is 0.900 bits per heavy atom. The van der Waals surface area contributed by atoms with Crippen molar-refractivity contribution in [1.29, 1.82) is 0 Å². The molecule has 0 fully saturated rings. The Bertz CT molecular complexity index is 763. The van der Waals surface area contributed by atoms with Crippen LogP contribution in [0.2, 0.25) is 13.1 Å². The highest BCUT2D eigenvalue weighted by Gasteiger charge is 2.37. The summed E-state index contributed by atoms with van der Waals surface area (Å²) in [7, 11) is -1.51. The summed E-state index contributed by atoms with van der Waals surface area (Å²) in [5, 5.41) is 3.19. The fourth-order valence-electron chi connectivity index (χ4n) is 3.57. The summed E-state index contributed by atoms with van der Waals surface area (Å²) >= 11 is 0. The van der Waals surface area contributed by atoms with Gasteiger partial charge in [-0.05, 0) is 39.1 Å². The van der Waals surface area contributed by atoms with Crippen LogP contribution in [0.5, 0.6) is 0 Å². The maximum Gasteiger partial charge on any atom is 0.113 e. The van der Waals surface area contributed by atoms with Crippen molar-refractivity contribution in [3.63, 3.8) is 0 Å². The molecule has 1 aliphatic heterocycles. The van der Waals surface area contributed by atoms with Crippen LogP contribution < -0.4 is 10.4 Å². The molecule has 2 aliphatic rings. The van der Waals surface area contributed by atoms with E-state index in [2.05, 4.69) is 73.8 Å². The average molecular weight is 274 g/mol. The summed E-state index contributed by atoms with van der Waals surface area (Å²) in [6.07, 6.45) is 7.73. The van der Waals surface area contributed by atoms with Crippen LogP contribution in [0.3, 0.4) is 0 Å². The van der Waals surface area contributed by atoms with E-state index in [9.17, 15) is 0 Å². The zero-order valence-corrected chi connectivity index (χ0v) is 13.0. The van der Waals surface area contributed by atoms with Gasteiger partial charge in [0.15, 0.2) is 0 Å². The second-order valence-electron chi connectivity index (χ2n) is 6.26. The van der Waals surface area contributed by atoms with Crippen molar-refractivity contribution in [2.24, 2.45) is 0 Å². The van der Waals surface area contributed by atoms with Gasteiger partial charge < -0.3 is 0 Å². The molecule has 1 aliphatic carbocycles. The molecule has 98 valence electrons. The van der Waals surface area contributed by atoms with E-state index in [1.807, 2.05) is 0 Å². The smallest absolute Gasteiger partial charge is 0.0801 e. The third-order valence-electron chi connectivity index (χ3n) is 4.73. The molecule has 2 aromatic rings. The van der Waals surface area contributed by atoms with Crippen molar-refractivity contribution in [2.75, 3.05) is 0 Å². The monoisotopic (exact) mass is 274 g/mol. The predicted octanol–water partition coefficient (Wildman–Crippen LogP) is 3.83. The molecular weight excluding hydrogens is 256 g/mol. The third kappa shape index (κ3) is 1.53. The largest absolute Gasteiger partial charge is 0.113 e. The van der Waals surface area contributed by atoms with E-state index < -0.39 is 8.07 Å². The van der Waals surface area contributed by atoms with Crippen molar-refractivity contribution in [3.05, 3.63) is 66.3 Å². The van der Waals surface area contributed by atoms with Crippen LogP contribution in [-0.2, 0) is 0 Å². The molecule has 1 heteroatoms. The zero-order valence-electron chi connectivity index (χ0n) is 12.0. The first-order valence-corrected chi connectivity index (χ1v) is 10.3. The first-order chi connectivity index (χ1) is 9.68. The van der Waals surface area contributed by atoms with Gasteiger partial charge in [0, 0.05) is 0 Å². The highest BCUT2D eigenvalue weighted by molar-refractivity contribution is 7.03. The number of benzene rings is 2. The Hall–Kier alpha value is -1.86. The summed E-state index contributed by atoms with van der Waals surface area (Å²) in [6.45, 7) is 4.95. The maximum absolute atomic E-state index is 2.47. The van der Waals surface area contributed by atoms with Gasteiger partial charge in [0.2, 0.25) is 0 Å². The predicted molar refractivity (Wildman–Crippen MR) is 90.4 cm³/mol. The summed E-state index contributed by atoms with van der Waals surface area (Å²) in [5.74, 6) is 0. The topological polar surface area (TPSA) is 0 Å². The second kappa shape index (κ2) is 4.06. The minimum atomic E-state index is -1.51. The van der Waals surface area contributed by atoms with Crippen LogP contribution in [0, 0.1) is 0 Å². The summed E-state index contributed by atoms with van der Waals surface area (Å²) in [5.41, 5.74) is 5.78. The van der Waals surface area contributed by atoms with Gasteiger partial charge >= 0.3 is 0 Å². The number of fused-ring (bicyclic) bond motifs is 3. The minimum Gasteiger partial charge on any atom is -0.0801 e. The number of rotatable bonds is 1. The van der Waals surface area contributed by atoms with Crippen molar-refractivity contribution >= 4 is 24.0 Å². The Kier molecular flexibility index (Phi) is 2.42. The summed E-state index contributed by atoms with van der Waals surface area (Å²) in [6, 6.07) is 16.1. The highest BCUT2D eigenvalue weighted by Crippen LogP contribution is 2.31. The van der Waals surface area contributed by atoms with Crippen molar-refractivity contribution in [1.82, 2.24) is 0 Å². The van der Waals surface area contributed by atoms with Crippen molar-refractivity contribution in [3.8, 4) is 11.1 Å². The maximum atomic E-state index is 2.47. The molecule has 0 spiro atoms. The SMILES string of the molecule is C[Si]1(C)c2ccccc2-c2ccc(C3=CC=CC3)cc21. The molecule has 0 N–H and O–H groups in total. The fourth-order valence-corrected chi connectivity index (χ4v) is 6.67. The Balaban J connectivity index is 1.92. The van der Waals surface area contributed by atoms with Gasteiger partial charge in [-0.2, -0.15) is 0 Å². The van der Waals surface area contributed by atoms with Gasteiger partial charge in [0.1, 0.15) is 8.07 Å². The molecular formula is C19H18Si. The first-order valence-electron chi connectivity index (χ1n) is 7.28. The lowest BCUT2D eigenvalue weighted by Crippen LogP contribution is -2.49. The molecule has 2 aromatic carbocycles. The molecule has 20 heavy (non-hydrogen) atoms. The molecule has 4 rings (SSSR count). The Morgan fingerprint density at radius 3 is 2.50 bits per heavy atom. The van der Waals surface area contributed by atoms with E-state index in [-0.39, 0.29) is 0 Å². The molecule has 0 aromatic heterocycles. The van der Waals surface area contributed by atoms with E-state index in [1.165, 1.54) is 22.3 Å². The minimum absolute atomic E-state index is 1.08. The van der Waals surface area contributed by atoms with Gasteiger partial charge in [0.05, 0.1) is 0 Å². The number of allylic oxidation sites excluding steroid dienone is 4. The Labute approximate surface area is 121 Å². The van der Waals surface area contributed by atoms with Crippen molar-refractivity contribution in [2.45, 2.75) is 19.5 Å². The average Bonchev–Trinajstić information content (AvgIpc) is 3.07. The quantitative estimate of drug-likeness (QED) is 0.693. The molecule has 0 saturated heterocycles. The Morgan fingerprint density at radius 2 is 1.70 bits per heavy atom. The number of hydrogen-bond acceptors (Lipinski definition) is 0. The van der Waals surface area contributed by atoms with E-state index in [1.54, 1.807) is 10.4 Å². The molecule has 0 bridgehead atoms. The summed E-state index contributed by atoms with van der Waals surface area (Å²) in [4.78, 5) is 0. The highest BCUT2D eigenvalue weighted by atomic mass is 28.3. The van der Waals surface area contributed by atoms with Gasteiger partial charge in [-0.3, -0.25) is 0 Å². The molecule has 0 unspecified atom stereocenters. The summed E-state index contributed by atoms with van der Waals surface area (Å²) < 4.78 is 0. The molecule has 0 nitrogen and oxygen atoms in total. The first kappa shape index (κ1) is 11.9. The van der Waals surface area contributed by atoms with Crippen LogP contribution in [-0.4, -0.2) is 8.07 Å². The van der Waals surface area contributed by atoms with Crippen LogP contribution >= 0.6 is 0 Å². The van der Waals surface area contributed by atoms with Crippen molar-refractivity contribution < 1.29 is 0 Å². The van der Waals surface area contributed by atoms with Crippen LogP contribution in [0.4, 0.5) is 0 Å². The lowest BCUT2D eigenvalue weighted by Gasteiger charge is -2.19. The van der Waals surface area contributed by atoms with Gasteiger partial charge in [-0.1, -0.05) is 73.8 Å². The molecule has 0 radical (unpaired) electrons. The second-order valence-corrected chi connectivity index (χ2v) is 10.6. The third-order valence-corrected chi connectivity index (χ3v) is 8.27.